The third-order valence-electron chi connectivity index (χ3n) is 3.97. The van der Waals surface area contributed by atoms with E-state index < -0.39 is 12.2 Å². The van der Waals surface area contributed by atoms with E-state index in [9.17, 15) is 10.2 Å². The Bertz CT molecular complexity index is 601. The Morgan fingerprint density at radius 2 is 1.91 bits per heavy atom. The summed E-state index contributed by atoms with van der Waals surface area (Å²) >= 11 is 0. The Morgan fingerprint density at radius 3 is 2.55 bits per heavy atom. The molecule has 0 aliphatic carbocycles. The highest BCUT2D eigenvalue weighted by molar-refractivity contribution is 5.63. The second-order valence-corrected chi connectivity index (χ2v) is 5.74. The van der Waals surface area contributed by atoms with E-state index in [1.807, 2.05) is 24.3 Å². The third kappa shape index (κ3) is 3.30. The van der Waals surface area contributed by atoms with Crippen molar-refractivity contribution in [2.75, 3.05) is 20.2 Å². The van der Waals surface area contributed by atoms with E-state index in [1.165, 1.54) is 0 Å². The number of aliphatic hydroxyl groups is 2. The molecule has 1 aromatic carbocycles. The van der Waals surface area contributed by atoms with Gasteiger partial charge in [0.05, 0.1) is 31.2 Å². The summed E-state index contributed by atoms with van der Waals surface area (Å²) < 4.78 is 5.17. The maximum atomic E-state index is 9.78. The van der Waals surface area contributed by atoms with Crippen LogP contribution in [0.2, 0.25) is 0 Å². The van der Waals surface area contributed by atoms with Crippen molar-refractivity contribution in [1.29, 1.82) is 0 Å². The average Bonchev–Trinajstić information content (AvgIpc) is 2.94. The molecule has 3 rings (SSSR count). The largest absolute Gasteiger partial charge is 0.497 e. The highest BCUT2D eigenvalue weighted by atomic mass is 16.5. The minimum absolute atomic E-state index is 0.452. The molecule has 1 fully saturated rings. The lowest BCUT2D eigenvalue weighted by molar-refractivity contribution is -0.0110. The first-order valence-corrected chi connectivity index (χ1v) is 7.41. The van der Waals surface area contributed by atoms with Crippen LogP contribution in [0.4, 0.5) is 0 Å². The predicted molar refractivity (Wildman–Crippen MR) is 82.5 cm³/mol. The second kappa shape index (κ2) is 6.48. The van der Waals surface area contributed by atoms with Crippen LogP contribution >= 0.6 is 0 Å². The molecule has 6 heteroatoms. The fourth-order valence-corrected chi connectivity index (χ4v) is 2.94. The van der Waals surface area contributed by atoms with Gasteiger partial charge in [-0.15, -0.1) is 0 Å². The van der Waals surface area contributed by atoms with Crippen LogP contribution in [0.25, 0.3) is 11.3 Å². The maximum absolute atomic E-state index is 9.78. The molecule has 0 saturated carbocycles. The summed E-state index contributed by atoms with van der Waals surface area (Å²) in [5.41, 5.74) is 3.04. The molecule has 2 heterocycles. The monoisotopic (exact) mass is 303 g/mol. The van der Waals surface area contributed by atoms with E-state index in [0.29, 0.717) is 26.1 Å². The number of rotatable bonds is 4. The number of β-amino-alcohol motifs (C(OH)–C–C–N with tert-alkyl or cyclic N) is 2. The minimum atomic E-state index is -0.472. The lowest BCUT2D eigenvalue weighted by atomic mass is 10.0. The summed E-state index contributed by atoms with van der Waals surface area (Å²) in [6.07, 6.45) is 1.31. The van der Waals surface area contributed by atoms with Crippen LogP contribution in [0.5, 0.6) is 5.75 Å². The molecule has 0 amide bonds. The van der Waals surface area contributed by atoms with Crippen molar-refractivity contribution in [3.8, 4) is 17.0 Å². The van der Waals surface area contributed by atoms with Crippen LogP contribution in [-0.4, -0.2) is 57.7 Å². The van der Waals surface area contributed by atoms with Crippen molar-refractivity contribution in [3.63, 3.8) is 0 Å². The molecule has 3 N–H and O–H groups in total. The standard InChI is InChI=1S/C16H21N3O3/c1-22-15-4-2-11(3-5-15)16-12(7-17-18-16)8-19-9-13(20)6-14(21)10-19/h2-5,7,13-14,20-21H,6,8-10H2,1H3,(H,17,18)/t13-,14-/m1/s1. The van der Waals surface area contributed by atoms with Crippen LogP contribution in [0.15, 0.2) is 30.5 Å². The van der Waals surface area contributed by atoms with Gasteiger partial charge in [0.15, 0.2) is 0 Å². The van der Waals surface area contributed by atoms with E-state index in [4.69, 9.17) is 4.74 Å². The lowest BCUT2D eigenvalue weighted by Crippen LogP contribution is -2.45. The van der Waals surface area contributed by atoms with Crippen molar-refractivity contribution in [2.45, 2.75) is 25.2 Å². The lowest BCUT2D eigenvalue weighted by Gasteiger charge is -2.33. The number of H-pyrrole nitrogens is 1. The van der Waals surface area contributed by atoms with Crippen LogP contribution in [0.1, 0.15) is 12.0 Å². The number of methoxy groups -OCH3 is 1. The number of aromatic nitrogens is 2. The summed E-state index contributed by atoms with van der Waals surface area (Å²) in [4.78, 5) is 2.05. The number of nitrogens with zero attached hydrogens (tertiary/aromatic N) is 2. The van der Waals surface area contributed by atoms with Gasteiger partial charge in [0.25, 0.3) is 0 Å². The molecule has 2 aromatic rings. The second-order valence-electron chi connectivity index (χ2n) is 5.74. The van der Waals surface area contributed by atoms with E-state index in [1.54, 1.807) is 13.3 Å². The van der Waals surface area contributed by atoms with Gasteiger partial charge in [0, 0.05) is 37.2 Å². The van der Waals surface area contributed by atoms with Crippen LogP contribution in [0.3, 0.4) is 0 Å². The normalized spacial score (nSPS) is 22.7. The predicted octanol–water partition coefficient (Wildman–Crippen LogP) is 1.01. The first-order valence-electron chi connectivity index (χ1n) is 7.41. The van der Waals surface area contributed by atoms with Gasteiger partial charge in [-0.2, -0.15) is 5.10 Å². The molecule has 22 heavy (non-hydrogen) atoms. The molecule has 1 saturated heterocycles. The van der Waals surface area contributed by atoms with E-state index >= 15 is 0 Å². The van der Waals surface area contributed by atoms with Gasteiger partial charge in [0.1, 0.15) is 5.75 Å². The Balaban J connectivity index is 1.76. The molecule has 0 radical (unpaired) electrons. The molecule has 1 aliphatic heterocycles. The van der Waals surface area contributed by atoms with E-state index in [-0.39, 0.29) is 0 Å². The van der Waals surface area contributed by atoms with Gasteiger partial charge in [-0.25, -0.2) is 0 Å². The molecule has 1 aromatic heterocycles. The molecular formula is C16H21N3O3. The number of hydrogen-bond acceptors (Lipinski definition) is 5. The summed E-state index contributed by atoms with van der Waals surface area (Å²) in [6.45, 7) is 1.79. The first-order chi connectivity index (χ1) is 10.7. The number of likely N-dealkylation sites (tertiary alicyclic amines) is 1. The van der Waals surface area contributed by atoms with Crippen LogP contribution in [0, 0.1) is 0 Å². The highest BCUT2D eigenvalue weighted by Crippen LogP contribution is 2.25. The van der Waals surface area contributed by atoms with Gasteiger partial charge >= 0.3 is 0 Å². The van der Waals surface area contributed by atoms with Gasteiger partial charge in [-0.3, -0.25) is 10.00 Å². The van der Waals surface area contributed by atoms with Crippen molar-refractivity contribution < 1.29 is 14.9 Å². The number of hydrogen-bond donors (Lipinski definition) is 3. The zero-order chi connectivity index (χ0) is 15.5. The highest BCUT2D eigenvalue weighted by Gasteiger charge is 2.25. The van der Waals surface area contributed by atoms with Crippen molar-refractivity contribution >= 4 is 0 Å². The number of nitrogens with one attached hydrogen (secondary N) is 1. The molecule has 0 spiro atoms. The zero-order valence-corrected chi connectivity index (χ0v) is 12.6. The Morgan fingerprint density at radius 1 is 1.23 bits per heavy atom. The van der Waals surface area contributed by atoms with E-state index in [0.717, 1.165) is 22.6 Å². The van der Waals surface area contributed by atoms with Gasteiger partial charge < -0.3 is 14.9 Å². The number of aromatic amines is 1. The molecule has 6 nitrogen and oxygen atoms in total. The maximum Gasteiger partial charge on any atom is 0.118 e. The van der Waals surface area contributed by atoms with Crippen LogP contribution in [-0.2, 0) is 6.54 Å². The molecule has 1 aliphatic rings. The number of aliphatic hydroxyl groups excluding tert-OH is 2. The summed E-state index contributed by atoms with van der Waals surface area (Å²) in [5.74, 6) is 0.812. The van der Waals surface area contributed by atoms with Crippen molar-refractivity contribution in [3.05, 3.63) is 36.0 Å². The number of piperidine rings is 1. The average molecular weight is 303 g/mol. The molecule has 2 atom stereocenters. The van der Waals surface area contributed by atoms with Gasteiger partial charge in [0.2, 0.25) is 0 Å². The smallest absolute Gasteiger partial charge is 0.118 e. The molecule has 118 valence electrons. The van der Waals surface area contributed by atoms with Gasteiger partial charge in [-0.05, 0) is 24.3 Å². The minimum Gasteiger partial charge on any atom is -0.497 e. The summed E-state index contributed by atoms with van der Waals surface area (Å²) in [7, 11) is 1.64. The first kappa shape index (κ1) is 15.0. The number of ether oxygens (including phenoxy) is 1. The van der Waals surface area contributed by atoms with E-state index in [2.05, 4.69) is 15.1 Å². The Kier molecular flexibility index (Phi) is 4.42. The number of benzene rings is 1. The quantitative estimate of drug-likeness (QED) is 0.785. The summed E-state index contributed by atoms with van der Waals surface area (Å²) in [6, 6.07) is 7.79. The molecule has 0 bridgehead atoms. The fourth-order valence-electron chi connectivity index (χ4n) is 2.94. The van der Waals surface area contributed by atoms with Gasteiger partial charge in [-0.1, -0.05) is 0 Å². The molecular weight excluding hydrogens is 282 g/mol. The third-order valence-corrected chi connectivity index (χ3v) is 3.97. The Labute approximate surface area is 129 Å². The van der Waals surface area contributed by atoms with Crippen molar-refractivity contribution in [1.82, 2.24) is 15.1 Å². The molecule has 0 unspecified atom stereocenters. The van der Waals surface area contributed by atoms with Crippen LogP contribution < -0.4 is 4.74 Å². The van der Waals surface area contributed by atoms with Crippen molar-refractivity contribution in [2.24, 2.45) is 0 Å². The zero-order valence-electron chi connectivity index (χ0n) is 12.6. The fraction of sp³-hybridized carbons (Fsp3) is 0.438. The SMILES string of the molecule is COc1ccc(-c2[nH]ncc2CN2C[C@H](O)C[C@@H](O)C2)cc1. The summed E-state index contributed by atoms with van der Waals surface area (Å²) in [5, 5.41) is 26.7. The topological polar surface area (TPSA) is 81.6 Å². The Hall–Kier alpha value is -1.89.